The molecule has 2 fully saturated rings. The minimum Gasteiger partial charge on any atom is -0.352 e. The number of hydrogen-bond acceptors (Lipinski definition) is 3. The highest BCUT2D eigenvalue weighted by Gasteiger charge is 2.26. The maximum absolute atomic E-state index is 12.3. The van der Waals surface area contributed by atoms with E-state index >= 15 is 0 Å². The normalized spacial score (nSPS) is 18.1. The van der Waals surface area contributed by atoms with Gasteiger partial charge in [0.25, 0.3) is 0 Å². The summed E-state index contributed by atoms with van der Waals surface area (Å²) < 4.78 is 0. The summed E-state index contributed by atoms with van der Waals surface area (Å²) in [7, 11) is 0. The first-order valence-electron chi connectivity index (χ1n) is 9.17. The maximum atomic E-state index is 12.3. The molecule has 2 saturated heterocycles. The first kappa shape index (κ1) is 18.2. The quantitative estimate of drug-likeness (QED) is 0.820. The first-order valence-corrected chi connectivity index (χ1v) is 9.17. The van der Waals surface area contributed by atoms with Crippen LogP contribution in [0.2, 0.25) is 0 Å². The number of benzene rings is 1. The fourth-order valence-corrected chi connectivity index (χ4v) is 3.54. The lowest BCUT2D eigenvalue weighted by molar-refractivity contribution is -0.132. The SMILES string of the molecule is C=CC(=O)N1CCC(C(=O)NCc2ccc(N3CCCC3=O)cc2)CC1. The molecule has 6 heteroatoms. The Kier molecular flexibility index (Phi) is 5.71. The van der Waals surface area contributed by atoms with E-state index in [1.165, 1.54) is 6.08 Å². The second-order valence-electron chi connectivity index (χ2n) is 6.84. The Hall–Kier alpha value is -2.63. The third-order valence-corrected chi connectivity index (χ3v) is 5.14. The van der Waals surface area contributed by atoms with Gasteiger partial charge in [-0.25, -0.2) is 0 Å². The molecule has 0 aliphatic carbocycles. The second kappa shape index (κ2) is 8.17. The molecule has 0 unspecified atom stereocenters. The molecule has 0 atom stereocenters. The van der Waals surface area contributed by atoms with Crippen LogP contribution in [-0.2, 0) is 20.9 Å². The molecule has 0 spiro atoms. The van der Waals surface area contributed by atoms with Crippen molar-refractivity contribution in [3.8, 4) is 0 Å². The molecular weight excluding hydrogens is 330 g/mol. The molecule has 0 aromatic heterocycles. The van der Waals surface area contributed by atoms with Crippen LogP contribution in [0.5, 0.6) is 0 Å². The van der Waals surface area contributed by atoms with E-state index in [1.807, 2.05) is 24.3 Å². The highest BCUT2D eigenvalue weighted by molar-refractivity contribution is 5.95. The zero-order valence-corrected chi connectivity index (χ0v) is 14.9. The van der Waals surface area contributed by atoms with Crippen molar-refractivity contribution in [1.82, 2.24) is 10.2 Å². The Morgan fingerprint density at radius 2 is 1.85 bits per heavy atom. The van der Waals surface area contributed by atoms with Gasteiger partial charge in [-0.3, -0.25) is 14.4 Å². The van der Waals surface area contributed by atoms with Crippen LogP contribution in [0.1, 0.15) is 31.2 Å². The molecule has 138 valence electrons. The lowest BCUT2D eigenvalue weighted by Gasteiger charge is -2.30. The molecule has 2 aliphatic rings. The molecule has 2 heterocycles. The lowest BCUT2D eigenvalue weighted by atomic mass is 9.95. The van der Waals surface area contributed by atoms with Gasteiger partial charge in [0.05, 0.1) is 0 Å². The molecule has 0 bridgehead atoms. The predicted molar refractivity (Wildman–Crippen MR) is 99.4 cm³/mol. The summed E-state index contributed by atoms with van der Waals surface area (Å²) in [5, 5.41) is 2.98. The molecule has 0 radical (unpaired) electrons. The Bertz CT molecular complexity index is 691. The Morgan fingerprint density at radius 1 is 1.15 bits per heavy atom. The highest BCUT2D eigenvalue weighted by Crippen LogP contribution is 2.22. The summed E-state index contributed by atoms with van der Waals surface area (Å²) in [4.78, 5) is 39.2. The van der Waals surface area contributed by atoms with E-state index in [-0.39, 0.29) is 23.6 Å². The second-order valence-corrected chi connectivity index (χ2v) is 6.84. The standard InChI is InChI=1S/C20H25N3O3/c1-2-18(24)22-12-9-16(10-13-22)20(26)21-14-15-5-7-17(8-6-15)23-11-3-4-19(23)25/h2,5-8,16H,1,3-4,9-14H2,(H,21,26). The summed E-state index contributed by atoms with van der Waals surface area (Å²) in [5.41, 5.74) is 1.93. The monoisotopic (exact) mass is 355 g/mol. The third kappa shape index (κ3) is 4.12. The minimum atomic E-state index is -0.0690. The number of carbonyl (C=O) groups excluding carboxylic acids is 3. The van der Waals surface area contributed by atoms with Gasteiger partial charge in [0.1, 0.15) is 0 Å². The fraction of sp³-hybridized carbons (Fsp3) is 0.450. The number of piperidine rings is 1. The molecule has 1 aromatic carbocycles. The number of anilines is 1. The number of nitrogens with one attached hydrogen (secondary N) is 1. The van der Waals surface area contributed by atoms with E-state index in [0.29, 0.717) is 38.9 Å². The fourth-order valence-electron chi connectivity index (χ4n) is 3.54. The lowest BCUT2D eigenvalue weighted by Crippen LogP contribution is -2.42. The van der Waals surface area contributed by atoms with Crippen molar-refractivity contribution in [3.05, 3.63) is 42.5 Å². The van der Waals surface area contributed by atoms with Gasteiger partial charge in [0, 0.05) is 44.2 Å². The average Bonchev–Trinajstić information content (AvgIpc) is 3.12. The molecule has 1 N–H and O–H groups in total. The highest BCUT2D eigenvalue weighted by atomic mass is 16.2. The van der Waals surface area contributed by atoms with Crippen molar-refractivity contribution in [1.29, 1.82) is 0 Å². The number of nitrogens with zero attached hydrogens (tertiary/aromatic N) is 2. The van der Waals surface area contributed by atoms with Gasteiger partial charge in [-0.2, -0.15) is 0 Å². The van der Waals surface area contributed by atoms with Crippen molar-refractivity contribution in [2.45, 2.75) is 32.2 Å². The molecule has 2 aliphatic heterocycles. The van der Waals surface area contributed by atoms with Crippen LogP contribution in [0, 0.1) is 5.92 Å². The van der Waals surface area contributed by atoms with Gasteiger partial charge in [0.15, 0.2) is 0 Å². The number of likely N-dealkylation sites (tertiary alicyclic amines) is 1. The summed E-state index contributed by atoms with van der Waals surface area (Å²) in [5.74, 6) is 0.0904. The van der Waals surface area contributed by atoms with Crippen LogP contribution in [0.15, 0.2) is 36.9 Å². The Balaban J connectivity index is 1.47. The number of rotatable bonds is 5. The van der Waals surface area contributed by atoms with E-state index in [9.17, 15) is 14.4 Å². The van der Waals surface area contributed by atoms with Gasteiger partial charge in [0.2, 0.25) is 17.7 Å². The predicted octanol–water partition coefficient (Wildman–Crippen LogP) is 1.85. The molecular formula is C20H25N3O3. The third-order valence-electron chi connectivity index (χ3n) is 5.14. The molecule has 6 nitrogen and oxygen atoms in total. The van der Waals surface area contributed by atoms with Gasteiger partial charge in [-0.1, -0.05) is 18.7 Å². The van der Waals surface area contributed by atoms with Crippen molar-refractivity contribution < 1.29 is 14.4 Å². The van der Waals surface area contributed by atoms with Crippen LogP contribution >= 0.6 is 0 Å². The van der Waals surface area contributed by atoms with E-state index in [0.717, 1.165) is 24.2 Å². The summed E-state index contributed by atoms with van der Waals surface area (Å²) in [6, 6.07) is 7.77. The number of amides is 3. The summed E-state index contributed by atoms with van der Waals surface area (Å²) >= 11 is 0. The Morgan fingerprint density at radius 3 is 2.42 bits per heavy atom. The van der Waals surface area contributed by atoms with Gasteiger partial charge >= 0.3 is 0 Å². The molecule has 3 rings (SSSR count). The zero-order chi connectivity index (χ0) is 18.5. The maximum Gasteiger partial charge on any atom is 0.245 e. The average molecular weight is 355 g/mol. The van der Waals surface area contributed by atoms with Crippen LogP contribution < -0.4 is 10.2 Å². The van der Waals surface area contributed by atoms with Crippen molar-refractivity contribution >= 4 is 23.4 Å². The minimum absolute atomic E-state index is 0.0366. The topological polar surface area (TPSA) is 69.7 Å². The van der Waals surface area contributed by atoms with E-state index in [4.69, 9.17) is 0 Å². The smallest absolute Gasteiger partial charge is 0.245 e. The van der Waals surface area contributed by atoms with E-state index in [2.05, 4.69) is 11.9 Å². The summed E-state index contributed by atoms with van der Waals surface area (Å²) in [6.45, 7) is 5.94. The van der Waals surface area contributed by atoms with Crippen LogP contribution in [0.25, 0.3) is 0 Å². The Labute approximate surface area is 153 Å². The molecule has 1 aromatic rings. The van der Waals surface area contributed by atoms with E-state index < -0.39 is 0 Å². The van der Waals surface area contributed by atoms with Crippen molar-refractivity contribution in [2.24, 2.45) is 5.92 Å². The van der Waals surface area contributed by atoms with Gasteiger partial charge in [-0.15, -0.1) is 0 Å². The van der Waals surface area contributed by atoms with Crippen LogP contribution in [0.4, 0.5) is 5.69 Å². The van der Waals surface area contributed by atoms with Crippen LogP contribution in [-0.4, -0.2) is 42.3 Å². The van der Waals surface area contributed by atoms with Crippen molar-refractivity contribution in [3.63, 3.8) is 0 Å². The molecule has 0 saturated carbocycles. The van der Waals surface area contributed by atoms with Gasteiger partial charge < -0.3 is 15.1 Å². The van der Waals surface area contributed by atoms with Crippen molar-refractivity contribution in [2.75, 3.05) is 24.5 Å². The number of carbonyl (C=O) groups is 3. The zero-order valence-electron chi connectivity index (χ0n) is 14.9. The first-order chi connectivity index (χ1) is 12.6. The van der Waals surface area contributed by atoms with Gasteiger partial charge in [-0.05, 0) is 43.0 Å². The summed E-state index contributed by atoms with van der Waals surface area (Å²) in [6.07, 6.45) is 4.21. The number of hydrogen-bond donors (Lipinski definition) is 1. The van der Waals surface area contributed by atoms with Crippen LogP contribution in [0.3, 0.4) is 0 Å². The molecule has 26 heavy (non-hydrogen) atoms. The largest absolute Gasteiger partial charge is 0.352 e. The molecule has 3 amide bonds. The van der Waals surface area contributed by atoms with E-state index in [1.54, 1.807) is 9.80 Å².